The van der Waals surface area contributed by atoms with Gasteiger partial charge in [-0.3, -0.25) is 4.99 Å². The molecule has 0 saturated heterocycles. The normalized spacial score (nSPS) is 11.2. The van der Waals surface area contributed by atoms with E-state index >= 15 is 0 Å². The van der Waals surface area contributed by atoms with Gasteiger partial charge in [0.05, 0.1) is 13.7 Å². The smallest absolute Gasteiger partial charge is 0.193 e. The second-order valence-electron chi connectivity index (χ2n) is 5.44. The largest absolute Gasteiger partial charge is 0.496 e. The van der Waals surface area contributed by atoms with Crippen molar-refractivity contribution >= 4 is 29.9 Å². The molecule has 0 amide bonds. The fourth-order valence-electron chi connectivity index (χ4n) is 2.27. The Labute approximate surface area is 163 Å². The zero-order valence-corrected chi connectivity index (χ0v) is 17.7. The van der Waals surface area contributed by atoms with E-state index in [0.717, 1.165) is 50.1 Å². The van der Waals surface area contributed by atoms with Crippen LogP contribution in [0.4, 0.5) is 0 Å². The molecule has 0 atom stereocenters. The molecule has 0 heterocycles. The monoisotopic (exact) mass is 450 g/mol. The zero-order valence-electron chi connectivity index (χ0n) is 15.4. The van der Waals surface area contributed by atoms with Crippen molar-refractivity contribution in [1.29, 1.82) is 0 Å². The third-order valence-corrected chi connectivity index (χ3v) is 3.63. The molecule has 6 nitrogen and oxygen atoms in total. The summed E-state index contributed by atoms with van der Waals surface area (Å²) in [7, 11) is 9.33. The molecule has 0 saturated carbocycles. The van der Waals surface area contributed by atoms with Gasteiger partial charge in [0, 0.05) is 52.9 Å². The average Bonchev–Trinajstić information content (AvgIpc) is 2.57. The van der Waals surface area contributed by atoms with Gasteiger partial charge >= 0.3 is 0 Å². The summed E-state index contributed by atoms with van der Waals surface area (Å²) in [4.78, 5) is 8.66. The maximum atomic E-state index is 5.40. The summed E-state index contributed by atoms with van der Waals surface area (Å²) in [5.41, 5.74) is 1.14. The zero-order chi connectivity index (χ0) is 17.1. The van der Waals surface area contributed by atoms with Crippen molar-refractivity contribution in [3.8, 4) is 5.75 Å². The number of hydrogen-bond donors (Lipinski definition) is 1. The summed E-state index contributed by atoms with van der Waals surface area (Å²) < 4.78 is 10.5. The number of likely N-dealkylation sites (N-methyl/N-ethyl adjacent to an activating group) is 1. The molecule has 0 aliphatic rings. The summed E-state index contributed by atoms with van der Waals surface area (Å²) in [6.07, 6.45) is 0. The van der Waals surface area contributed by atoms with Crippen molar-refractivity contribution < 1.29 is 9.47 Å². The van der Waals surface area contributed by atoms with E-state index in [1.807, 2.05) is 25.2 Å². The Morgan fingerprint density at radius 1 is 1.17 bits per heavy atom. The highest BCUT2D eigenvalue weighted by Crippen LogP contribution is 2.18. The number of benzene rings is 1. The molecule has 0 fully saturated rings. The van der Waals surface area contributed by atoms with Crippen molar-refractivity contribution in [1.82, 2.24) is 15.1 Å². The van der Waals surface area contributed by atoms with E-state index in [-0.39, 0.29) is 24.0 Å². The van der Waals surface area contributed by atoms with Crippen molar-refractivity contribution in [2.45, 2.75) is 6.54 Å². The number of methoxy groups -OCH3 is 2. The first-order chi connectivity index (χ1) is 11.1. The lowest BCUT2D eigenvalue weighted by molar-refractivity contribution is 0.162. The Morgan fingerprint density at radius 3 is 2.50 bits per heavy atom. The van der Waals surface area contributed by atoms with Crippen LogP contribution in [-0.4, -0.2) is 77.4 Å². The standard InChI is InChI=1S/C17H30N4O2.HI/c1-18-17(19-10-11-20(2)12-13-22-4)21(3)14-15-8-6-7-9-16(15)23-5;/h6-9H,10-14H2,1-5H3,(H,18,19);1H. The first-order valence-corrected chi connectivity index (χ1v) is 7.83. The molecule has 138 valence electrons. The minimum atomic E-state index is 0. The molecule has 0 aromatic heterocycles. The molecule has 24 heavy (non-hydrogen) atoms. The molecular weight excluding hydrogens is 419 g/mol. The lowest BCUT2D eigenvalue weighted by atomic mass is 10.2. The Bertz CT molecular complexity index is 485. The Balaban J connectivity index is 0.00000529. The Kier molecular flexibility index (Phi) is 12.7. The predicted molar refractivity (Wildman–Crippen MR) is 111 cm³/mol. The molecule has 0 spiro atoms. The molecule has 1 aromatic carbocycles. The fraction of sp³-hybridized carbons (Fsp3) is 0.588. The molecule has 0 bridgehead atoms. The van der Waals surface area contributed by atoms with Gasteiger partial charge in [-0.15, -0.1) is 24.0 Å². The molecule has 0 unspecified atom stereocenters. The molecule has 7 heteroatoms. The number of guanidine groups is 1. The van der Waals surface area contributed by atoms with Crippen LogP contribution in [0, 0.1) is 0 Å². The van der Waals surface area contributed by atoms with E-state index in [2.05, 4.69) is 33.2 Å². The van der Waals surface area contributed by atoms with Gasteiger partial charge < -0.3 is 24.6 Å². The summed E-state index contributed by atoms with van der Waals surface area (Å²) in [6.45, 7) is 4.18. The second-order valence-corrected chi connectivity index (χ2v) is 5.44. The minimum Gasteiger partial charge on any atom is -0.496 e. The molecule has 0 radical (unpaired) electrons. The number of para-hydroxylation sites is 1. The molecule has 1 rings (SSSR count). The maximum Gasteiger partial charge on any atom is 0.193 e. The highest BCUT2D eigenvalue weighted by Gasteiger charge is 2.09. The van der Waals surface area contributed by atoms with Crippen molar-refractivity contribution in [3.63, 3.8) is 0 Å². The van der Waals surface area contributed by atoms with E-state index in [9.17, 15) is 0 Å². The first kappa shape index (κ1) is 22.9. The molecule has 1 aromatic rings. The molecule has 0 aliphatic carbocycles. The van der Waals surface area contributed by atoms with Gasteiger partial charge in [-0.1, -0.05) is 18.2 Å². The third-order valence-electron chi connectivity index (χ3n) is 3.63. The van der Waals surface area contributed by atoms with Crippen molar-refractivity contribution in [3.05, 3.63) is 29.8 Å². The lowest BCUT2D eigenvalue weighted by Crippen LogP contribution is -2.42. The van der Waals surface area contributed by atoms with Crippen LogP contribution in [0.2, 0.25) is 0 Å². The van der Waals surface area contributed by atoms with Gasteiger partial charge in [0.2, 0.25) is 0 Å². The minimum absolute atomic E-state index is 0. The van der Waals surface area contributed by atoms with Gasteiger partial charge in [-0.25, -0.2) is 0 Å². The summed E-state index contributed by atoms with van der Waals surface area (Å²) in [5.74, 6) is 1.77. The highest BCUT2D eigenvalue weighted by atomic mass is 127. The first-order valence-electron chi connectivity index (χ1n) is 7.83. The molecular formula is C17H31IN4O2. The Morgan fingerprint density at radius 2 is 1.88 bits per heavy atom. The van der Waals surface area contributed by atoms with Gasteiger partial charge in [0.25, 0.3) is 0 Å². The number of rotatable bonds is 9. The van der Waals surface area contributed by atoms with E-state index in [1.54, 1.807) is 21.3 Å². The SMILES string of the molecule is CN=C(NCCN(C)CCOC)N(C)Cc1ccccc1OC.I. The average molecular weight is 450 g/mol. The van der Waals surface area contributed by atoms with Crippen molar-refractivity contribution in [2.75, 3.05) is 61.6 Å². The van der Waals surface area contributed by atoms with Crippen LogP contribution in [-0.2, 0) is 11.3 Å². The maximum absolute atomic E-state index is 5.40. The third kappa shape index (κ3) is 8.16. The summed E-state index contributed by atoms with van der Waals surface area (Å²) in [5, 5.41) is 3.39. The number of aliphatic imine (C=N–C) groups is 1. The number of nitrogens with zero attached hydrogens (tertiary/aromatic N) is 3. The van der Waals surface area contributed by atoms with Crippen LogP contribution in [0.1, 0.15) is 5.56 Å². The number of halogens is 1. The van der Waals surface area contributed by atoms with E-state index in [4.69, 9.17) is 9.47 Å². The number of nitrogens with one attached hydrogen (secondary N) is 1. The van der Waals surface area contributed by atoms with Crippen LogP contribution in [0.15, 0.2) is 29.3 Å². The highest BCUT2D eigenvalue weighted by molar-refractivity contribution is 14.0. The Hall–Kier alpha value is -1.06. The lowest BCUT2D eigenvalue weighted by Gasteiger charge is -2.24. The van der Waals surface area contributed by atoms with Gasteiger partial charge in [0.15, 0.2) is 5.96 Å². The second kappa shape index (κ2) is 13.3. The number of ether oxygens (including phenoxy) is 2. The van der Waals surface area contributed by atoms with Crippen LogP contribution in [0.3, 0.4) is 0 Å². The topological polar surface area (TPSA) is 49.3 Å². The van der Waals surface area contributed by atoms with E-state index in [0.29, 0.717) is 0 Å². The summed E-state index contributed by atoms with van der Waals surface area (Å²) >= 11 is 0. The summed E-state index contributed by atoms with van der Waals surface area (Å²) in [6, 6.07) is 8.04. The van der Waals surface area contributed by atoms with Gasteiger partial charge in [-0.2, -0.15) is 0 Å². The molecule has 1 N–H and O–H groups in total. The van der Waals surface area contributed by atoms with Crippen LogP contribution >= 0.6 is 24.0 Å². The van der Waals surface area contributed by atoms with E-state index < -0.39 is 0 Å². The van der Waals surface area contributed by atoms with Gasteiger partial charge in [-0.05, 0) is 13.1 Å². The number of hydrogen-bond acceptors (Lipinski definition) is 4. The van der Waals surface area contributed by atoms with Crippen LogP contribution in [0.5, 0.6) is 5.75 Å². The molecule has 0 aliphatic heterocycles. The van der Waals surface area contributed by atoms with Crippen LogP contribution in [0.25, 0.3) is 0 Å². The van der Waals surface area contributed by atoms with Gasteiger partial charge in [0.1, 0.15) is 5.75 Å². The quantitative estimate of drug-likeness (QED) is 0.354. The van der Waals surface area contributed by atoms with Crippen LogP contribution < -0.4 is 10.1 Å². The van der Waals surface area contributed by atoms with E-state index in [1.165, 1.54) is 0 Å². The fourth-order valence-corrected chi connectivity index (χ4v) is 2.27. The van der Waals surface area contributed by atoms with Crippen molar-refractivity contribution in [2.24, 2.45) is 4.99 Å². The predicted octanol–water partition coefficient (Wildman–Crippen LogP) is 1.90.